The van der Waals surface area contributed by atoms with Gasteiger partial charge in [0.25, 0.3) is 0 Å². The quantitative estimate of drug-likeness (QED) is 0.468. The number of hydrogen-bond acceptors (Lipinski definition) is 4. The molecule has 0 spiro atoms. The number of benzene rings is 2. The van der Waals surface area contributed by atoms with Crippen LogP contribution in [0.5, 0.6) is 0 Å². The molecule has 0 saturated heterocycles. The lowest BCUT2D eigenvalue weighted by atomic mass is 10.1. The van der Waals surface area contributed by atoms with Gasteiger partial charge < -0.3 is 10.1 Å². The molecule has 0 unspecified atom stereocenters. The van der Waals surface area contributed by atoms with Gasteiger partial charge in [0, 0.05) is 22.7 Å². The van der Waals surface area contributed by atoms with E-state index in [1.165, 1.54) is 0 Å². The van der Waals surface area contributed by atoms with Gasteiger partial charge in [0.05, 0.1) is 16.8 Å². The normalized spacial score (nSPS) is 11.6. The molecule has 2 heterocycles. The number of carboxylic acid groups (broad SMARTS) is 1. The Kier molecular flexibility index (Phi) is 4.42. The Morgan fingerprint density at radius 3 is 2.70 bits per heavy atom. The highest BCUT2D eigenvalue weighted by molar-refractivity contribution is 6.13. The summed E-state index contributed by atoms with van der Waals surface area (Å²) in [4.78, 5) is 24.0. The molecule has 4 aromatic rings. The number of pyridine rings is 1. The zero-order valence-corrected chi connectivity index (χ0v) is 14.3. The lowest BCUT2D eigenvalue weighted by Gasteiger charge is -2.03. The number of carboxylic acids is 1. The molecule has 4 rings (SSSR count). The van der Waals surface area contributed by atoms with Crippen molar-refractivity contribution in [3.8, 4) is 0 Å². The van der Waals surface area contributed by atoms with Crippen molar-refractivity contribution >= 4 is 39.8 Å². The van der Waals surface area contributed by atoms with Crippen LogP contribution >= 0.6 is 0 Å². The number of H-pyrrole nitrogens is 1. The fourth-order valence-corrected chi connectivity index (χ4v) is 3.20. The number of fused-ring (bicyclic) bond motifs is 3. The van der Waals surface area contributed by atoms with E-state index in [0.717, 1.165) is 22.0 Å². The van der Waals surface area contributed by atoms with Gasteiger partial charge >= 0.3 is 5.97 Å². The third kappa shape index (κ3) is 3.19. The summed E-state index contributed by atoms with van der Waals surface area (Å²) in [6.45, 7) is -0.0580. The Morgan fingerprint density at radius 1 is 1.15 bits per heavy atom. The number of nitrogens with two attached hydrogens (primary N) is 1. The van der Waals surface area contributed by atoms with Crippen LogP contribution < -0.4 is 5.90 Å². The first kappa shape index (κ1) is 17.0. The summed E-state index contributed by atoms with van der Waals surface area (Å²) in [5.41, 5.74) is 3.05. The van der Waals surface area contributed by atoms with Crippen molar-refractivity contribution in [3.05, 3.63) is 77.2 Å². The Morgan fingerprint density at radius 2 is 1.96 bits per heavy atom. The smallest absolute Gasteiger partial charge is 0.338 e. The number of aromatic carboxylic acids is 1. The molecule has 0 aliphatic carbocycles. The van der Waals surface area contributed by atoms with Crippen LogP contribution in [0.1, 0.15) is 27.3 Å². The third-order valence-corrected chi connectivity index (χ3v) is 4.44. The van der Waals surface area contributed by atoms with Crippen molar-refractivity contribution in [1.82, 2.24) is 9.97 Å². The second-order valence-corrected chi connectivity index (χ2v) is 6.15. The average molecular weight is 359 g/mol. The van der Waals surface area contributed by atoms with Crippen LogP contribution in [0.2, 0.25) is 0 Å². The first-order chi connectivity index (χ1) is 13.2. The molecule has 4 N–H and O–H groups in total. The molecule has 0 radical (unpaired) electrons. The molecule has 6 nitrogen and oxygen atoms in total. The highest BCUT2D eigenvalue weighted by Gasteiger charge is 2.20. The highest BCUT2D eigenvalue weighted by Crippen LogP contribution is 2.30. The second-order valence-electron chi connectivity index (χ2n) is 6.15. The van der Waals surface area contributed by atoms with Crippen LogP contribution in [0.15, 0.2) is 54.7 Å². The van der Waals surface area contributed by atoms with Gasteiger partial charge in [-0.1, -0.05) is 48.5 Å². The zero-order valence-electron chi connectivity index (χ0n) is 14.3. The summed E-state index contributed by atoms with van der Waals surface area (Å²) >= 11 is 0. The molecular weight excluding hydrogens is 342 g/mol. The Labute approximate surface area is 154 Å². The van der Waals surface area contributed by atoms with E-state index >= 15 is 0 Å². The van der Waals surface area contributed by atoms with Gasteiger partial charge in [0.1, 0.15) is 6.61 Å². The van der Waals surface area contributed by atoms with E-state index in [1.807, 2.05) is 60.8 Å². The minimum atomic E-state index is -1.05. The predicted molar refractivity (Wildman–Crippen MR) is 105 cm³/mol. The largest absolute Gasteiger partial charge is 0.478 e. The van der Waals surface area contributed by atoms with Crippen molar-refractivity contribution in [2.24, 2.45) is 5.90 Å². The van der Waals surface area contributed by atoms with Gasteiger partial charge in [0.2, 0.25) is 0 Å². The lowest BCUT2D eigenvalue weighted by molar-refractivity contribution is 0.0689. The van der Waals surface area contributed by atoms with Gasteiger partial charge in [0.15, 0.2) is 0 Å². The summed E-state index contributed by atoms with van der Waals surface area (Å²) in [5, 5.41) is 11.9. The second kappa shape index (κ2) is 7.03. The number of rotatable bonds is 5. The SMILES string of the molecule is NOCc1nc2c(ccc3c[nH]c(C=Cc4ccccc4)cc32)c1C(=O)O. The van der Waals surface area contributed by atoms with Crippen molar-refractivity contribution in [1.29, 1.82) is 0 Å². The number of aromatic nitrogens is 2. The number of nitrogens with zero attached hydrogens (tertiary/aromatic N) is 1. The molecule has 0 fully saturated rings. The molecule has 2 aromatic carbocycles. The van der Waals surface area contributed by atoms with Crippen LogP contribution in [-0.2, 0) is 11.4 Å². The Balaban J connectivity index is 1.86. The minimum Gasteiger partial charge on any atom is -0.478 e. The van der Waals surface area contributed by atoms with Gasteiger partial charge in [-0.05, 0) is 23.1 Å². The number of aromatic amines is 1. The van der Waals surface area contributed by atoms with E-state index in [1.54, 1.807) is 6.07 Å². The maximum Gasteiger partial charge on any atom is 0.338 e. The lowest BCUT2D eigenvalue weighted by Crippen LogP contribution is -2.05. The van der Waals surface area contributed by atoms with E-state index in [2.05, 4.69) is 14.8 Å². The molecular formula is C21H17N3O3. The molecule has 27 heavy (non-hydrogen) atoms. The van der Waals surface area contributed by atoms with Crippen molar-refractivity contribution in [2.75, 3.05) is 0 Å². The van der Waals surface area contributed by atoms with Crippen LogP contribution in [0.3, 0.4) is 0 Å². The van der Waals surface area contributed by atoms with Gasteiger partial charge in [-0.15, -0.1) is 0 Å². The summed E-state index contributed by atoms with van der Waals surface area (Å²) in [5.74, 6) is 4.09. The van der Waals surface area contributed by atoms with Gasteiger partial charge in [-0.2, -0.15) is 0 Å². The van der Waals surface area contributed by atoms with E-state index in [-0.39, 0.29) is 12.2 Å². The Bertz CT molecular complexity index is 1160. The van der Waals surface area contributed by atoms with E-state index < -0.39 is 5.97 Å². The van der Waals surface area contributed by atoms with Crippen molar-refractivity contribution < 1.29 is 14.7 Å². The zero-order chi connectivity index (χ0) is 18.8. The van der Waals surface area contributed by atoms with Crippen LogP contribution in [0.4, 0.5) is 0 Å². The van der Waals surface area contributed by atoms with Gasteiger partial charge in [-0.25, -0.2) is 15.7 Å². The molecule has 2 aromatic heterocycles. The highest BCUT2D eigenvalue weighted by atomic mass is 16.6. The summed E-state index contributed by atoms with van der Waals surface area (Å²) in [7, 11) is 0. The van der Waals surface area contributed by atoms with Crippen LogP contribution in [-0.4, -0.2) is 21.0 Å². The molecule has 0 saturated carbocycles. The summed E-state index contributed by atoms with van der Waals surface area (Å²) in [6.07, 6.45) is 5.86. The van der Waals surface area contributed by atoms with Crippen molar-refractivity contribution in [3.63, 3.8) is 0 Å². The standard InChI is InChI=1S/C21H17N3O3/c22-27-12-18-19(21(25)26)16-9-7-14-11-23-15(10-17(14)20(16)24-18)8-6-13-4-2-1-3-5-13/h1-11,23H,12,22H2,(H,25,26). The maximum atomic E-state index is 11.7. The van der Waals surface area contributed by atoms with Crippen LogP contribution in [0, 0.1) is 0 Å². The minimum absolute atomic E-state index is 0.0580. The predicted octanol–water partition coefficient (Wildman–Crippen LogP) is 3.98. The summed E-state index contributed by atoms with van der Waals surface area (Å²) < 4.78 is 0. The fourth-order valence-electron chi connectivity index (χ4n) is 3.20. The monoisotopic (exact) mass is 359 g/mol. The topological polar surface area (TPSA) is 101 Å². The van der Waals surface area contributed by atoms with Crippen LogP contribution in [0.25, 0.3) is 33.8 Å². The first-order valence-electron chi connectivity index (χ1n) is 8.39. The van der Waals surface area contributed by atoms with E-state index in [4.69, 9.17) is 5.90 Å². The molecule has 0 amide bonds. The molecule has 0 aliphatic rings. The number of hydrogen-bond donors (Lipinski definition) is 3. The number of carbonyl (C=O) groups is 1. The van der Waals surface area contributed by atoms with Crippen molar-refractivity contribution in [2.45, 2.75) is 6.61 Å². The van der Waals surface area contributed by atoms with E-state index in [0.29, 0.717) is 16.6 Å². The number of nitrogens with one attached hydrogen (secondary N) is 1. The van der Waals surface area contributed by atoms with Gasteiger partial charge in [-0.3, -0.25) is 4.84 Å². The summed E-state index contributed by atoms with van der Waals surface area (Å²) in [6, 6.07) is 15.6. The third-order valence-electron chi connectivity index (χ3n) is 4.44. The molecule has 0 bridgehead atoms. The molecule has 134 valence electrons. The molecule has 0 aliphatic heterocycles. The average Bonchev–Trinajstić information content (AvgIpc) is 3.06. The molecule has 0 atom stereocenters. The first-order valence-corrected chi connectivity index (χ1v) is 8.39. The molecule has 6 heteroatoms. The maximum absolute atomic E-state index is 11.7. The van der Waals surface area contributed by atoms with E-state index in [9.17, 15) is 9.90 Å². The fraction of sp³-hybridized carbons (Fsp3) is 0.0476. The Hall–Kier alpha value is -3.48.